The molecule has 0 saturated heterocycles. The number of carboxylic acid groups (broad SMARTS) is 1. The summed E-state index contributed by atoms with van der Waals surface area (Å²) in [5, 5.41) is 21.3. The summed E-state index contributed by atoms with van der Waals surface area (Å²) in [5.74, 6) is -1.00. The van der Waals surface area contributed by atoms with E-state index in [0.29, 0.717) is 11.3 Å². The monoisotopic (exact) mass is 262 g/mol. The maximum atomic E-state index is 11.1. The summed E-state index contributed by atoms with van der Waals surface area (Å²) >= 11 is 1.27. The number of benzene rings is 1. The van der Waals surface area contributed by atoms with Crippen LogP contribution in [0.2, 0.25) is 0 Å². The first-order chi connectivity index (χ1) is 8.50. The third kappa shape index (κ3) is 2.60. The zero-order valence-electron chi connectivity index (χ0n) is 9.96. The Morgan fingerprint density at radius 1 is 1.28 bits per heavy atom. The average Bonchev–Trinajstić information content (AvgIpc) is 2.79. The predicted molar refractivity (Wildman–Crippen MR) is 71.0 cm³/mol. The molecule has 1 aromatic heterocycles. The third-order valence-electron chi connectivity index (χ3n) is 2.78. The zero-order valence-corrected chi connectivity index (χ0v) is 10.8. The first-order valence-corrected chi connectivity index (χ1v) is 6.46. The van der Waals surface area contributed by atoms with Crippen LogP contribution in [0.3, 0.4) is 0 Å². The fourth-order valence-electron chi connectivity index (χ4n) is 1.97. The van der Waals surface area contributed by atoms with Gasteiger partial charge in [0.25, 0.3) is 0 Å². The topological polar surface area (TPSA) is 57.5 Å². The van der Waals surface area contributed by atoms with Gasteiger partial charge in [0, 0.05) is 6.42 Å². The number of aromatic carboxylic acids is 1. The lowest BCUT2D eigenvalue weighted by atomic mass is 9.93. The molecule has 0 aliphatic carbocycles. The molecule has 0 amide bonds. The Kier molecular flexibility index (Phi) is 3.50. The van der Waals surface area contributed by atoms with Crippen molar-refractivity contribution in [2.75, 3.05) is 0 Å². The molecular weight excluding hydrogens is 248 g/mol. The first kappa shape index (κ1) is 12.8. The van der Waals surface area contributed by atoms with Crippen molar-refractivity contribution in [3.05, 3.63) is 57.8 Å². The van der Waals surface area contributed by atoms with Gasteiger partial charge >= 0.3 is 5.97 Å². The molecule has 3 nitrogen and oxygen atoms in total. The van der Waals surface area contributed by atoms with Gasteiger partial charge in [0.15, 0.2) is 0 Å². The Morgan fingerprint density at radius 2 is 1.94 bits per heavy atom. The number of carboxylic acids is 1. The normalized spacial score (nSPS) is 14.1. The van der Waals surface area contributed by atoms with Crippen LogP contribution in [0, 0.1) is 0 Å². The molecule has 0 radical (unpaired) electrons. The maximum Gasteiger partial charge on any atom is 0.336 e. The first-order valence-electron chi connectivity index (χ1n) is 5.58. The van der Waals surface area contributed by atoms with Crippen molar-refractivity contribution in [3.63, 3.8) is 0 Å². The fourth-order valence-corrected chi connectivity index (χ4v) is 2.92. The van der Waals surface area contributed by atoms with Crippen LogP contribution in [0.5, 0.6) is 0 Å². The maximum absolute atomic E-state index is 11.1. The molecule has 1 unspecified atom stereocenters. The second kappa shape index (κ2) is 4.92. The Morgan fingerprint density at radius 3 is 2.56 bits per heavy atom. The van der Waals surface area contributed by atoms with Crippen molar-refractivity contribution in [1.29, 1.82) is 0 Å². The Balaban J connectivity index is 2.30. The predicted octanol–water partition coefficient (Wildman–Crippen LogP) is 2.90. The second-order valence-corrected chi connectivity index (χ2v) is 5.32. The van der Waals surface area contributed by atoms with E-state index < -0.39 is 11.6 Å². The van der Waals surface area contributed by atoms with Crippen molar-refractivity contribution in [2.24, 2.45) is 0 Å². The molecule has 0 spiro atoms. The highest BCUT2D eigenvalue weighted by molar-refractivity contribution is 7.10. The van der Waals surface area contributed by atoms with Gasteiger partial charge in [-0.25, -0.2) is 4.79 Å². The second-order valence-electron chi connectivity index (χ2n) is 4.40. The van der Waals surface area contributed by atoms with Gasteiger partial charge in [0.1, 0.15) is 5.60 Å². The van der Waals surface area contributed by atoms with Crippen LogP contribution in [0.4, 0.5) is 0 Å². The van der Waals surface area contributed by atoms with Crippen LogP contribution in [-0.2, 0) is 12.0 Å². The van der Waals surface area contributed by atoms with E-state index in [1.54, 1.807) is 12.3 Å². The summed E-state index contributed by atoms with van der Waals surface area (Å²) < 4.78 is 0. The molecule has 94 valence electrons. The largest absolute Gasteiger partial charge is 0.478 e. The van der Waals surface area contributed by atoms with E-state index in [2.05, 4.69) is 0 Å². The van der Waals surface area contributed by atoms with E-state index in [0.717, 1.165) is 5.56 Å². The van der Waals surface area contributed by atoms with E-state index in [1.165, 1.54) is 17.4 Å². The van der Waals surface area contributed by atoms with Crippen LogP contribution < -0.4 is 0 Å². The molecule has 2 N–H and O–H groups in total. The average molecular weight is 262 g/mol. The van der Waals surface area contributed by atoms with Crippen LogP contribution >= 0.6 is 11.3 Å². The number of carbonyl (C=O) groups is 1. The van der Waals surface area contributed by atoms with E-state index in [4.69, 9.17) is 5.11 Å². The number of hydrogen-bond acceptors (Lipinski definition) is 3. The molecule has 18 heavy (non-hydrogen) atoms. The molecule has 2 rings (SSSR count). The summed E-state index contributed by atoms with van der Waals surface area (Å²) in [6.45, 7) is 1.65. The summed E-state index contributed by atoms with van der Waals surface area (Å²) in [4.78, 5) is 11.6. The molecule has 0 aliphatic rings. The van der Waals surface area contributed by atoms with Crippen molar-refractivity contribution in [2.45, 2.75) is 18.9 Å². The third-order valence-corrected chi connectivity index (χ3v) is 3.94. The molecule has 1 heterocycles. The quantitative estimate of drug-likeness (QED) is 0.890. The molecule has 4 heteroatoms. The van der Waals surface area contributed by atoms with Gasteiger partial charge in [-0.2, -0.15) is 0 Å². The number of rotatable bonds is 4. The Hall–Kier alpha value is -1.65. The molecule has 1 atom stereocenters. The van der Waals surface area contributed by atoms with E-state index >= 15 is 0 Å². The highest BCUT2D eigenvalue weighted by atomic mass is 32.1. The van der Waals surface area contributed by atoms with Gasteiger partial charge < -0.3 is 10.2 Å². The lowest BCUT2D eigenvalue weighted by Gasteiger charge is -2.23. The van der Waals surface area contributed by atoms with Crippen LogP contribution in [0.25, 0.3) is 0 Å². The van der Waals surface area contributed by atoms with Gasteiger partial charge in [-0.05, 0) is 23.9 Å². The van der Waals surface area contributed by atoms with Crippen LogP contribution in [0.1, 0.15) is 27.7 Å². The van der Waals surface area contributed by atoms with E-state index in [-0.39, 0.29) is 5.56 Å². The summed E-state index contributed by atoms with van der Waals surface area (Å²) in [5.41, 5.74) is -0.00311. The zero-order chi connectivity index (χ0) is 13.2. The number of thiophene rings is 1. The Labute approximate surface area is 109 Å². The standard InChI is InChI=1S/C14H14O3S/c1-14(17,9-10-5-3-2-4-6-10)12-11(13(15)16)7-8-18-12/h2-8,17H,9H2,1H3,(H,15,16). The van der Waals surface area contributed by atoms with E-state index in [1.807, 2.05) is 30.3 Å². The number of aliphatic hydroxyl groups is 1. The summed E-state index contributed by atoms with van der Waals surface area (Å²) in [6.07, 6.45) is 0.397. The van der Waals surface area contributed by atoms with Gasteiger partial charge in [0.05, 0.1) is 10.4 Å². The molecular formula is C14H14O3S. The minimum atomic E-state index is -1.16. The highest BCUT2D eigenvalue weighted by Gasteiger charge is 2.29. The van der Waals surface area contributed by atoms with Gasteiger partial charge in [-0.15, -0.1) is 11.3 Å². The fraction of sp³-hybridized carbons (Fsp3) is 0.214. The minimum absolute atomic E-state index is 0.181. The molecule has 0 saturated carbocycles. The SMILES string of the molecule is CC(O)(Cc1ccccc1)c1sccc1C(=O)O. The van der Waals surface area contributed by atoms with Gasteiger partial charge in [-0.1, -0.05) is 30.3 Å². The van der Waals surface area contributed by atoms with Crippen LogP contribution in [-0.4, -0.2) is 16.2 Å². The highest BCUT2D eigenvalue weighted by Crippen LogP contribution is 2.32. The lowest BCUT2D eigenvalue weighted by molar-refractivity contribution is 0.0550. The van der Waals surface area contributed by atoms with E-state index in [9.17, 15) is 9.90 Å². The van der Waals surface area contributed by atoms with Crippen molar-refractivity contribution >= 4 is 17.3 Å². The minimum Gasteiger partial charge on any atom is -0.478 e. The van der Waals surface area contributed by atoms with Crippen molar-refractivity contribution in [1.82, 2.24) is 0 Å². The number of hydrogen-bond donors (Lipinski definition) is 2. The molecule has 0 fully saturated rings. The van der Waals surface area contributed by atoms with Crippen molar-refractivity contribution in [3.8, 4) is 0 Å². The van der Waals surface area contributed by atoms with Crippen LogP contribution in [0.15, 0.2) is 41.8 Å². The summed E-state index contributed by atoms with van der Waals surface area (Å²) in [7, 11) is 0. The smallest absolute Gasteiger partial charge is 0.336 e. The van der Waals surface area contributed by atoms with Crippen molar-refractivity contribution < 1.29 is 15.0 Å². The molecule has 2 aromatic rings. The molecule has 1 aromatic carbocycles. The lowest BCUT2D eigenvalue weighted by Crippen LogP contribution is -2.25. The molecule has 0 aliphatic heterocycles. The summed E-state index contributed by atoms with van der Waals surface area (Å²) in [6, 6.07) is 11.1. The molecule has 0 bridgehead atoms. The van der Waals surface area contributed by atoms with Gasteiger partial charge in [-0.3, -0.25) is 0 Å². The Bertz CT molecular complexity index is 543. The van der Waals surface area contributed by atoms with Gasteiger partial charge in [0.2, 0.25) is 0 Å².